The maximum atomic E-state index is 11.1. The molecule has 2 aromatic carbocycles. The van der Waals surface area contributed by atoms with Gasteiger partial charge in [-0.1, -0.05) is 0 Å². The molecule has 1 aromatic heterocycles. The number of aromatic hydroxyl groups is 3. The van der Waals surface area contributed by atoms with Crippen LogP contribution >= 0.6 is 0 Å². The van der Waals surface area contributed by atoms with Gasteiger partial charge >= 0.3 is 5.97 Å². The van der Waals surface area contributed by atoms with E-state index in [-0.39, 0.29) is 23.7 Å². The van der Waals surface area contributed by atoms with Crippen LogP contribution in [-0.4, -0.2) is 31.4 Å². The van der Waals surface area contributed by atoms with E-state index >= 15 is 0 Å². The molecular formula is C18H15NO5. The summed E-state index contributed by atoms with van der Waals surface area (Å²) < 4.78 is 0. The Morgan fingerprint density at radius 3 is 2.04 bits per heavy atom. The number of H-pyrrole nitrogens is 1. The maximum absolute atomic E-state index is 11.1. The first-order valence-corrected chi connectivity index (χ1v) is 7.19. The zero-order chi connectivity index (χ0) is 17.3. The van der Waals surface area contributed by atoms with E-state index in [0.29, 0.717) is 22.5 Å². The molecule has 24 heavy (non-hydrogen) atoms. The molecule has 3 rings (SSSR count). The minimum Gasteiger partial charge on any atom is -0.508 e. The lowest BCUT2D eigenvalue weighted by Gasteiger charge is -2.04. The number of nitrogens with one attached hydrogen (secondary N) is 1. The van der Waals surface area contributed by atoms with Crippen molar-refractivity contribution in [1.29, 1.82) is 0 Å². The van der Waals surface area contributed by atoms with E-state index < -0.39 is 5.97 Å². The van der Waals surface area contributed by atoms with E-state index in [2.05, 4.69) is 4.98 Å². The Balaban J connectivity index is 2.12. The number of carbonyl (C=O) groups is 1. The highest BCUT2D eigenvalue weighted by molar-refractivity contribution is 5.80. The number of aliphatic carboxylic acids is 1. The molecule has 0 bridgehead atoms. The normalized spacial score (nSPS) is 10.7. The Bertz CT molecular complexity index is 876. The first-order chi connectivity index (χ1) is 11.4. The molecule has 0 aliphatic carbocycles. The van der Waals surface area contributed by atoms with Crippen molar-refractivity contribution in [3.05, 3.63) is 54.2 Å². The van der Waals surface area contributed by atoms with Crippen LogP contribution < -0.4 is 0 Å². The van der Waals surface area contributed by atoms with Gasteiger partial charge in [0.15, 0.2) is 0 Å². The molecule has 6 nitrogen and oxygen atoms in total. The first-order valence-electron chi connectivity index (χ1n) is 7.19. The fourth-order valence-electron chi connectivity index (χ4n) is 2.59. The summed E-state index contributed by atoms with van der Waals surface area (Å²) in [4.78, 5) is 14.2. The molecule has 0 amide bonds. The van der Waals surface area contributed by atoms with Crippen molar-refractivity contribution < 1.29 is 25.2 Å². The molecular weight excluding hydrogens is 310 g/mol. The highest BCUT2D eigenvalue weighted by Crippen LogP contribution is 2.34. The van der Waals surface area contributed by atoms with Crippen LogP contribution in [0.25, 0.3) is 22.4 Å². The number of aromatic amines is 1. The second-order valence-electron chi connectivity index (χ2n) is 5.43. The molecule has 0 saturated carbocycles. The van der Waals surface area contributed by atoms with Crippen LogP contribution in [0.5, 0.6) is 17.2 Å². The van der Waals surface area contributed by atoms with Crippen molar-refractivity contribution in [3.8, 4) is 39.6 Å². The van der Waals surface area contributed by atoms with Crippen LogP contribution in [0.1, 0.15) is 5.69 Å². The number of phenols is 3. The van der Waals surface area contributed by atoms with Crippen molar-refractivity contribution in [2.24, 2.45) is 0 Å². The van der Waals surface area contributed by atoms with Gasteiger partial charge in [-0.25, -0.2) is 0 Å². The Labute approximate surface area is 137 Å². The summed E-state index contributed by atoms with van der Waals surface area (Å²) in [6.07, 6.45) is -0.232. The van der Waals surface area contributed by atoms with Gasteiger partial charge in [0.1, 0.15) is 17.2 Å². The van der Waals surface area contributed by atoms with Gasteiger partial charge in [0, 0.05) is 23.0 Å². The summed E-state index contributed by atoms with van der Waals surface area (Å²) >= 11 is 0. The Hall–Kier alpha value is -3.41. The molecule has 0 unspecified atom stereocenters. The molecule has 0 aliphatic heterocycles. The van der Waals surface area contributed by atoms with Gasteiger partial charge in [-0.2, -0.15) is 0 Å². The van der Waals surface area contributed by atoms with Crippen LogP contribution in [0.2, 0.25) is 0 Å². The van der Waals surface area contributed by atoms with Crippen molar-refractivity contribution in [1.82, 2.24) is 4.98 Å². The number of aromatic nitrogens is 1. The quantitative estimate of drug-likeness (QED) is 0.506. The van der Waals surface area contributed by atoms with Crippen LogP contribution in [0.15, 0.2) is 48.5 Å². The fraction of sp³-hybridized carbons (Fsp3) is 0.0556. The predicted molar refractivity (Wildman–Crippen MR) is 88.0 cm³/mol. The van der Waals surface area contributed by atoms with Gasteiger partial charge in [0.05, 0.1) is 6.42 Å². The monoisotopic (exact) mass is 325 g/mol. The topological polar surface area (TPSA) is 114 Å². The fourth-order valence-corrected chi connectivity index (χ4v) is 2.59. The standard InChI is InChI=1S/C18H15NO5/c20-12-3-1-10(2-4-12)16-8-15(17(19-16)9-18(23)24)11-5-13(21)7-14(22)6-11/h1-8,19-22H,9H2,(H,23,24). The number of carboxylic acids is 1. The largest absolute Gasteiger partial charge is 0.508 e. The molecule has 0 spiro atoms. The summed E-state index contributed by atoms with van der Waals surface area (Å²) in [5, 5.41) is 37.8. The summed E-state index contributed by atoms with van der Waals surface area (Å²) in [6.45, 7) is 0. The predicted octanol–water partition coefficient (Wildman–Crippen LogP) is 3.09. The molecule has 0 saturated heterocycles. The summed E-state index contributed by atoms with van der Waals surface area (Å²) in [5.74, 6) is -1.09. The van der Waals surface area contributed by atoms with Gasteiger partial charge < -0.3 is 25.4 Å². The van der Waals surface area contributed by atoms with Gasteiger partial charge in [-0.3, -0.25) is 4.79 Å². The van der Waals surface area contributed by atoms with Gasteiger partial charge in [-0.15, -0.1) is 0 Å². The average molecular weight is 325 g/mol. The van der Waals surface area contributed by atoms with Crippen molar-refractivity contribution in [2.45, 2.75) is 6.42 Å². The third-order valence-corrected chi connectivity index (χ3v) is 3.62. The van der Waals surface area contributed by atoms with Crippen molar-refractivity contribution in [2.75, 3.05) is 0 Å². The van der Waals surface area contributed by atoms with Gasteiger partial charge in [-0.05, 0) is 53.6 Å². The van der Waals surface area contributed by atoms with E-state index in [9.17, 15) is 20.1 Å². The Morgan fingerprint density at radius 2 is 1.46 bits per heavy atom. The van der Waals surface area contributed by atoms with Gasteiger partial charge in [0.25, 0.3) is 0 Å². The second-order valence-corrected chi connectivity index (χ2v) is 5.43. The summed E-state index contributed by atoms with van der Waals surface area (Å²) in [5.41, 5.74) is 2.98. The third-order valence-electron chi connectivity index (χ3n) is 3.62. The van der Waals surface area contributed by atoms with E-state index in [4.69, 9.17) is 5.11 Å². The Kier molecular flexibility index (Phi) is 3.87. The lowest BCUT2D eigenvalue weighted by molar-refractivity contribution is -0.136. The molecule has 6 heteroatoms. The molecule has 0 radical (unpaired) electrons. The zero-order valence-electron chi connectivity index (χ0n) is 12.5. The molecule has 0 aliphatic rings. The van der Waals surface area contributed by atoms with E-state index in [0.717, 1.165) is 5.56 Å². The van der Waals surface area contributed by atoms with Gasteiger partial charge in [0.2, 0.25) is 0 Å². The minimum absolute atomic E-state index is 0.112. The maximum Gasteiger partial charge on any atom is 0.309 e. The summed E-state index contributed by atoms with van der Waals surface area (Å²) in [6, 6.07) is 12.3. The highest BCUT2D eigenvalue weighted by Gasteiger charge is 2.15. The number of phenolic OH excluding ortho intramolecular Hbond substituents is 3. The van der Waals surface area contributed by atoms with Crippen LogP contribution in [-0.2, 0) is 11.2 Å². The molecule has 0 fully saturated rings. The molecule has 0 atom stereocenters. The third kappa shape index (κ3) is 3.17. The molecule has 122 valence electrons. The van der Waals surface area contributed by atoms with Crippen LogP contribution in [0, 0.1) is 0 Å². The lowest BCUT2D eigenvalue weighted by atomic mass is 10.0. The van der Waals surface area contributed by atoms with Crippen LogP contribution in [0.4, 0.5) is 0 Å². The van der Waals surface area contributed by atoms with Crippen LogP contribution in [0.3, 0.4) is 0 Å². The zero-order valence-corrected chi connectivity index (χ0v) is 12.5. The molecule has 3 aromatic rings. The molecule has 5 N–H and O–H groups in total. The SMILES string of the molecule is O=C(O)Cc1[nH]c(-c2ccc(O)cc2)cc1-c1cc(O)cc(O)c1. The van der Waals surface area contributed by atoms with E-state index in [1.807, 2.05) is 0 Å². The lowest BCUT2D eigenvalue weighted by Crippen LogP contribution is -2.01. The second kappa shape index (κ2) is 6.00. The Morgan fingerprint density at radius 1 is 0.833 bits per heavy atom. The summed E-state index contributed by atoms with van der Waals surface area (Å²) in [7, 11) is 0. The first kappa shape index (κ1) is 15.5. The number of hydrogen-bond acceptors (Lipinski definition) is 4. The molecule has 1 heterocycles. The van der Waals surface area contributed by atoms with E-state index in [1.165, 1.54) is 30.3 Å². The van der Waals surface area contributed by atoms with Crippen molar-refractivity contribution >= 4 is 5.97 Å². The van der Waals surface area contributed by atoms with Crippen molar-refractivity contribution in [3.63, 3.8) is 0 Å². The average Bonchev–Trinajstić information content (AvgIpc) is 2.90. The number of hydrogen-bond donors (Lipinski definition) is 5. The smallest absolute Gasteiger partial charge is 0.309 e. The van der Waals surface area contributed by atoms with E-state index in [1.54, 1.807) is 18.2 Å². The number of rotatable bonds is 4. The number of carboxylic acid groups (broad SMARTS) is 1. The minimum atomic E-state index is -1.00. The highest BCUT2D eigenvalue weighted by atomic mass is 16.4. The number of benzene rings is 2.